The van der Waals surface area contributed by atoms with Crippen molar-refractivity contribution in [3.05, 3.63) is 71.7 Å². The second kappa shape index (κ2) is 6.80. The SMILES string of the molecule is Cc1cc(NC(=O)CN2CCn3cccc3[C@@H]2c2ccccc2)n(C)n1. The molecule has 1 aliphatic rings. The van der Waals surface area contributed by atoms with Gasteiger partial charge in [-0.1, -0.05) is 30.3 Å². The van der Waals surface area contributed by atoms with E-state index in [4.69, 9.17) is 0 Å². The van der Waals surface area contributed by atoms with Crippen molar-refractivity contribution in [1.29, 1.82) is 0 Å². The molecule has 6 heteroatoms. The molecule has 0 unspecified atom stereocenters. The highest BCUT2D eigenvalue weighted by Crippen LogP contribution is 2.32. The molecule has 0 saturated carbocycles. The molecule has 134 valence electrons. The van der Waals surface area contributed by atoms with Gasteiger partial charge in [-0.2, -0.15) is 5.10 Å². The van der Waals surface area contributed by atoms with Crippen molar-refractivity contribution in [3.63, 3.8) is 0 Å². The molecule has 0 fully saturated rings. The van der Waals surface area contributed by atoms with Crippen LogP contribution in [0.4, 0.5) is 5.82 Å². The van der Waals surface area contributed by atoms with Gasteiger partial charge in [0.15, 0.2) is 0 Å². The molecular weight excluding hydrogens is 326 g/mol. The monoisotopic (exact) mass is 349 g/mol. The largest absolute Gasteiger partial charge is 0.348 e. The van der Waals surface area contributed by atoms with Crippen LogP contribution in [0.5, 0.6) is 0 Å². The van der Waals surface area contributed by atoms with E-state index in [2.05, 4.69) is 50.3 Å². The quantitative estimate of drug-likeness (QED) is 0.788. The minimum absolute atomic E-state index is 0.0195. The summed E-state index contributed by atoms with van der Waals surface area (Å²) in [5, 5.41) is 7.26. The van der Waals surface area contributed by atoms with E-state index in [1.807, 2.05) is 38.2 Å². The fourth-order valence-corrected chi connectivity index (χ4v) is 3.71. The van der Waals surface area contributed by atoms with Crippen LogP contribution in [0.3, 0.4) is 0 Å². The Morgan fingerprint density at radius 3 is 2.73 bits per heavy atom. The Kier molecular flexibility index (Phi) is 4.34. The predicted octanol–water partition coefficient (Wildman–Crippen LogP) is 2.57. The van der Waals surface area contributed by atoms with E-state index in [1.165, 1.54) is 11.3 Å². The maximum absolute atomic E-state index is 12.7. The van der Waals surface area contributed by atoms with Gasteiger partial charge < -0.3 is 9.88 Å². The molecule has 1 aromatic carbocycles. The summed E-state index contributed by atoms with van der Waals surface area (Å²) < 4.78 is 3.97. The third kappa shape index (κ3) is 3.15. The summed E-state index contributed by atoms with van der Waals surface area (Å²) in [6.07, 6.45) is 2.11. The van der Waals surface area contributed by atoms with Gasteiger partial charge in [0, 0.05) is 38.1 Å². The first-order valence-corrected chi connectivity index (χ1v) is 8.86. The highest BCUT2D eigenvalue weighted by molar-refractivity contribution is 5.91. The van der Waals surface area contributed by atoms with E-state index in [9.17, 15) is 4.79 Å². The number of nitrogens with one attached hydrogen (secondary N) is 1. The van der Waals surface area contributed by atoms with Gasteiger partial charge in [-0.15, -0.1) is 0 Å². The lowest BCUT2D eigenvalue weighted by Gasteiger charge is -2.36. The van der Waals surface area contributed by atoms with E-state index < -0.39 is 0 Å². The Bertz CT molecular complexity index is 911. The van der Waals surface area contributed by atoms with Gasteiger partial charge >= 0.3 is 0 Å². The zero-order valence-corrected chi connectivity index (χ0v) is 15.1. The second-order valence-electron chi connectivity index (χ2n) is 6.75. The predicted molar refractivity (Wildman–Crippen MR) is 101 cm³/mol. The van der Waals surface area contributed by atoms with E-state index in [0.717, 1.165) is 24.6 Å². The first-order chi connectivity index (χ1) is 12.6. The number of aromatic nitrogens is 3. The third-order valence-electron chi connectivity index (χ3n) is 4.87. The molecule has 1 aliphatic heterocycles. The van der Waals surface area contributed by atoms with E-state index in [0.29, 0.717) is 6.54 Å². The number of carbonyl (C=O) groups is 1. The molecule has 0 bridgehead atoms. The van der Waals surface area contributed by atoms with E-state index >= 15 is 0 Å². The number of amides is 1. The van der Waals surface area contributed by atoms with E-state index in [-0.39, 0.29) is 11.9 Å². The van der Waals surface area contributed by atoms with Gasteiger partial charge in [0.2, 0.25) is 5.91 Å². The maximum Gasteiger partial charge on any atom is 0.239 e. The molecule has 3 aromatic rings. The van der Waals surface area contributed by atoms with Gasteiger partial charge in [-0.3, -0.25) is 14.4 Å². The van der Waals surface area contributed by atoms with Gasteiger partial charge in [0.1, 0.15) is 5.82 Å². The van der Waals surface area contributed by atoms with Crippen LogP contribution in [0.25, 0.3) is 0 Å². The highest BCUT2D eigenvalue weighted by Gasteiger charge is 2.30. The van der Waals surface area contributed by atoms with Crippen LogP contribution >= 0.6 is 0 Å². The summed E-state index contributed by atoms with van der Waals surface area (Å²) in [5.74, 6) is 0.707. The number of rotatable bonds is 4. The third-order valence-corrected chi connectivity index (χ3v) is 4.87. The summed E-state index contributed by atoms with van der Waals surface area (Å²) in [6.45, 7) is 3.98. The van der Waals surface area contributed by atoms with E-state index in [1.54, 1.807) is 4.68 Å². The average molecular weight is 349 g/mol. The van der Waals surface area contributed by atoms with Crippen molar-refractivity contribution in [2.45, 2.75) is 19.5 Å². The molecule has 1 atom stereocenters. The van der Waals surface area contributed by atoms with Gasteiger partial charge in [0.25, 0.3) is 0 Å². The fourth-order valence-electron chi connectivity index (χ4n) is 3.71. The average Bonchev–Trinajstić information content (AvgIpc) is 3.21. The summed E-state index contributed by atoms with van der Waals surface area (Å²) in [6, 6.07) is 16.6. The number of nitrogens with zero attached hydrogens (tertiary/aromatic N) is 4. The first kappa shape index (κ1) is 16.6. The molecular formula is C20H23N5O. The second-order valence-corrected chi connectivity index (χ2v) is 6.75. The Labute approximate surface area is 153 Å². The first-order valence-electron chi connectivity index (χ1n) is 8.86. The molecule has 0 aliphatic carbocycles. The molecule has 1 amide bonds. The Balaban J connectivity index is 1.56. The molecule has 2 aromatic heterocycles. The van der Waals surface area contributed by atoms with Crippen LogP contribution in [0.15, 0.2) is 54.7 Å². The number of hydrogen-bond donors (Lipinski definition) is 1. The molecule has 3 heterocycles. The Hall–Kier alpha value is -2.86. The number of carbonyl (C=O) groups excluding carboxylic acids is 1. The molecule has 1 N–H and O–H groups in total. The van der Waals surface area contributed by atoms with Crippen molar-refractivity contribution in [2.24, 2.45) is 7.05 Å². The molecule has 26 heavy (non-hydrogen) atoms. The van der Waals surface area contributed by atoms with Gasteiger partial charge in [-0.25, -0.2) is 0 Å². The zero-order chi connectivity index (χ0) is 18.1. The van der Waals surface area contributed by atoms with Crippen LogP contribution in [0.2, 0.25) is 0 Å². The number of hydrogen-bond acceptors (Lipinski definition) is 3. The molecule has 0 spiro atoms. The maximum atomic E-state index is 12.7. The Morgan fingerprint density at radius 2 is 2.00 bits per heavy atom. The topological polar surface area (TPSA) is 55.1 Å². The van der Waals surface area contributed by atoms with Crippen LogP contribution in [-0.2, 0) is 18.4 Å². The van der Waals surface area contributed by atoms with Crippen LogP contribution < -0.4 is 5.32 Å². The van der Waals surface area contributed by atoms with Crippen molar-refractivity contribution < 1.29 is 4.79 Å². The summed E-state index contributed by atoms with van der Waals surface area (Å²) in [7, 11) is 1.84. The lowest BCUT2D eigenvalue weighted by molar-refractivity contribution is -0.118. The molecule has 0 saturated heterocycles. The molecule has 0 radical (unpaired) electrons. The summed E-state index contributed by atoms with van der Waals surface area (Å²) in [5.41, 5.74) is 3.32. The van der Waals surface area contributed by atoms with Crippen molar-refractivity contribution in [3.8, 4) is 0 Å². The number of aryl methyl sites for hydroxylation is 2. The minimum atomic E-state index is -0.0195. The summed E-state index contributed by atoms with van der Waals surface area (Å²) >= 11 is 0. The van der Waals surface area contributed by atoms with Crippen molar-refractivity contribution in [2.75, 3.05) is 18.4 Å². The smallest absolute Gasteiger partial charge is 0.239 e. The van der Waals surface area contributed by atoms with Gasteiger partial charge in [-0.05, 0) is 24.6 Å². The minimum Gasteiger partial charge on any atom is -0.348 e. The molecule has 6 nitrogen and oxygen atoms in total. The number of anilines is 1. The molecule has 4 rings (SSSR count). The number of fused-ring (bicyclic) bond motifs is 1. The van der Waals surface area contributed by atoms with Crippen LogP contribution in [-0.4, -0.2) is 38.2 Å². The van der Waals surface area contributed by atoms with Crippen LogP contribution in [0.1, 0.15) is 23.0 Å². The van der Waals surface area contributed by atoms with Crippen LogP contribution in [0, 0.1) is 6.92 Å². The number of benzene rings is 1. The van der Waals surface area contributed by atoms with Crippen molar-refractivity contribution in [1.82, 2.24) is 19.2 Å². The highest BCUT2D eigenvalue weighted by atomic mass is 16.2. The zero-order valence-electron chi connectivity index (χ0n) is 15.1. The Morgan fingerprint density at radius 1 is 1.19 bits per heavy atom. The normalized spacial score (nSPS) is 17.1. The lowest BCUT2D eigenvalue weighted by Crippen LogP contribution is -2.42. The summed E-state index contributed by atoms with van der Waals surface area (Å²) in [4.78, 5) is 14.9. The van der Waals surface area contributed by atoms with Gasteiger partial charge in [0.05, 0.1) is 18.3 Å². The standard InChI is InChI=1S/C20H23N5O/c1-15-13-18(23(2)22-15)21-19(26)14-25-12-11-24-10-6-9-17(24)20(25)16-7-4-3-5-8-16/h3-10,13,20H,11-12,14H2,1-2H3,(H,21,26)/t20-/m0/s1. The van der Waals surface area contributed by atoms with Crippen molar-refractivity contribution >= 4 is 11.7 Å². The fraction of sp³-hybridized carbons (Fsp3) is 0.300. The lowest BCUT2D eigenvalue weighted by atomic mass is 10.00.